The molecule has 0 radical (unpaired) electrons. The Kier molecular flexibility index (Phi) is 6.59. The molecule has 0 saturated carbocycles. The Morgan fingerprint density at radius 2 is 2.03 bits per heavy atom. The molecule has 1 aromatic carbocycles. The van der Waals surface area contributed by atoms with E-state index in [0.717, 1.165) is 36.1 Å². The second-order valence-corrected chi connectivity index (χ2v) is 8.71. The van der Waals surface area contributed by atoms with E-state index in [4.69, 9.17) is 9.73 Å². The molecule has 2 aliphatic carbocycles. The zero-order chi connectivity index (χ0) is 23.4. The zero-order valence-electron chi connectivity index (χ0n) is 19.4. The molecule has 170 valence electrons. The molecule has 1 N–H and O–H groups in total. The molecule has 5 heteroatoms. The Labute approximate surface area is 194 Å². The summed E-state index contributed by atoms with van der Waals surface area (Å²) in [6.07, 6.45) is 12.6. The summed E-state index contributed by atoms with van der Waals surface area (Å²) < 4.78 is 5.18. The van der Waals surface area contributed by atoms with E-state index in [1.807, 2.05) is 43.5 Å². The minimum absolute atomic E-state index is 0.0718. The van der Waals surface area contributed by atoms with Gasteiger partial charge in [-0.15, -0.1) is 0 Å². The number of nitrogens with one attached hydrogen (secondary N) is 1. The molecule has 0 saturated heterocycles. The monoisotopic (exact) mass is 442 g/mol. The van der Waals surface area contributed by atoms with Crippen molar-refractivity contribution in [1.29, 1.82) is 0 Å². The standard InChI is InChI=1S/C28H30N2O3/c1-4-15-33-27(32)21-10-8-20(9-11-21)7-6-14-29-28-18-19(3)16-22(23(28)5-2)17-25-24(28)12-13-26(31)30-25/h5-14,16,22H,4,15,17-18H2,1-3H3,(H,30,31). The average molecular weight is 443 g/mol. The molecule has 1 heterocycles. The predicted octanol–water partition coefficient (Wildman–Crippen LogP) is 5.39. The van der Waals surface area contributed by atoms with Gasteiger partial charge in [0, 0.05) is 35.9 Å². The van der Waals surface area contributed by atoms with Crippen LogP contribution in [0.4, 0.5) is 0 Å². The topological polar surface area (TPSA) is 71.5 Å². The fourth-order valence-corrected chi connectivity index (χ4v) is 4.99. The number of nitrogens with zero attached hydrogens (tertiary/aromatic N) is 1. The second-order valence-electron chi connectivity index (χ2n) is 8.71. The molecular weight excluding hydrogens is 412 g/mol. The second kappa shape index (κ2) is 9.57. The van der Waals surface area contributed by atoms with Gasteiger partial charge in [-0.2, -0.15) is 0 Å². The van der Waals surface area contributed by atoms with Gasteiger partial charge in [-0.05, 0) is 62.1 Å². The van der Waals surface area contributed by atoms with Gasteiger partial charge in [-0.1, -0.05) is 42.9 Å². The Balaban J connectivity index is 1.60. The number of fused-ring (bicyclic) bond motifs is 4. The lowest BCUT2D eigenvalue weighted by Crippen LogP contribution is -2.40. The summed E-state index contributed by atoms with van der Waals surface area (Å²) in [7, 11) is 0. The quantitative estimate of drug-likeness (QED) is 0.370. The number of hydrogen-bond acceptors (Lipinski definition) is 4. The summed E-state index contributed by atoms with van der Waals surface area (Å²) in [5.41, 5.74) is 5.62. The van der Waals surface area contributed by atoms with Crippen molar-refractivity contribution in [3.63, 3.8) is 0 Å². The number of rotatable bonds is 6. The van der Waals surface area contributed by atoms with E-state index in [2.05, 4.69) is 31.0 Å². The van der Waals surface area contributed by atoms with Gasteiger partial charge in [0.05, 0.1) is 12.2 Å². The van der Waals surface area contributed by atoms with Crippen molar-refractivity contribution in [2.75, 3.05) is 6.61 Å². The number of benzene rings is 1. The molecule has 2 unspecified atom stereocenters. The summed E-state index contributed by atoms with van der Waals surface area (Å²) in [6, 6.07) is 10.9. The molecule has 2 atom stereocenters. The first-order valence-corrected chi connectivity index (χ1v) is 11.5. The highest BCUT2D eigenvalue weighted by Crippen LogP contribution is 2.51. The largest absolute Gasteiger partial charge is 0.462 e. The number of carbonyl (C=O) groups excluding carboxylic acids is 1. The fourth-order valence-electron chi connectivity index (χ4n) is 4.99. The number of aliphatic imine (C=N–C) groups is 1. The van der Waals surface area contributed by atoms with E-state index >= 15 is 0 Å². The van der Waals surface area contributed by atoms with Gasteiger partial charge in [0.25, 0.3) is 0 Å². The Morgan fingerprint density at radius 3 is 2.76 bits per heavy atom. The van der Waals surface area contributed by atoms with Crippen LogP contribution in [0.25, 0.3) is 6.08 Å². The van der Waals surface area contributed by atoms with Gasteiger partial charge in [-0.25, -0.2) is 4.79 Å². The first-order valence-electron chi connectivity index (χ1n) is 11.5. The SMILES string of the molecule is CC=C1C2C=C(C)CC1(N=CC=Cc1ccc(C(=O)OCCC)cc1)c1ccc(=O)[nH]c1C2. The molecule has 0 aliphatic heterocycles. The molecule has 2 aliphatic rings. The van der Waals surface area contributed by atoms with Crippen molar-refractivity contribution >= 4 is 18.3 Å². The van der Waals surface area contributed by atoms with Crippen molar-refractivity contribution in [3.8, 4) is 0 Å². The first-order chi connectivity index (χ1) is 16.0. The molecule has 0 spiro atoms. The highest BCUT2D eigenvalue weighted by atomic mass is 16.5. The van der Waals surface area contributed by atoms with Crippen molar-refractivity contribution < 1.29 is 9.53 Å². The van der Waals surface area contributed by atoms with Crippen LogP contribution in [0.1, 0.15) is 60.8 Å². The van der Waals surface area contributed by atoms with Crippen molar-refractivity contribution in [2.24, 2.45) is 10.9 Å². The smallest absolute Gasteiger partial charge is 0.338 e. The van der Waals surface area contributed by atoms with E-state index in [0.29, 0.717) is 12.2 Å². The molecule has 4 rings (SSSR count). The van der Waals surface area contributed by atoms with Crippen molar-refractivity contribution in [3.05, 3.63) is 98.5 Å². The number of ether oxygens (including phenoxy) is 1. The Morgan fingerprint density at radius 1 is 1.24 bits per heavy atom. The number of allylic oxidation sites excluding steroid dienone is 3. The van der Waals surface area contributed by atoms with Crippen LogP contribution in [0.2, 0.25) is 0 Å². The lowest BCUT2D eigenvalue weighted by Gasteiger charge is -2.45. The van der Waals surface area contributed by atoms with E-state index in [9.17, 15) is 9.59 Å². The summed E-state index contributed by atoms with van der Waals surface area (Å²) >= 11 is 0. The number of aromatic amines is 1. The predicted molar refractivity (Wildman–Crippen MR) is 133 cm³/mol. The van der Waals surface area contributed by atoms with Crippen LogP contribution in [0.5, 0.6) is 0 Å². The zero-order valence-corrected chi connectivity index (χ0v) is 19.4. The summed E-state index contributed by atoms with van der Waals surface area (Å²) in [6.45, 7) is 6.63. The minimum atomic E-state index is -0.493. The average Bonchev–Trinajstić information content (AvgIpc) is 2.80. The third-order valence-electron chi connectivity index (χ3n) is 6.33. The summed E-state index contributed by atoms with van der Waals surface area (Å²) in [5.74, 6) is -0.0494. The van der Waals surface area contributed by atoms with E-state index < -0.39 is 5.54 Å². The number of hydrogen-bond donors (Lipinski definition) is 1. The van der Waals surface area contributed by atoms with Crippen LogP contribution in [-0.4, -0.2) is 23.8 Å². The van der Waals surface area contributed by atoms with Crippen LogP contribution in [0.15, 0.2) is 75.6 Å². The van der Waals surface area contributed by atoms with Crippen molar-refractivity contribution in [2.45, 2.75) is 45.6 Å². The van der Waals surface area contributed by atoms with E-state index in [1.165, 1.54) is 11.1 Å². The number of esters is 1. The van der Waals surface area contributed by atoms with Crippen LogP contribution >= 0.6 is 0 Å². The third kappa shape index (κ3) is 4.54. The highest BCUT2D eigenvalue weighted by molar-refractivity contribution is 5.89. The van der Waals surface area contributed by atoms with Crippen LogP contribution < -0.4 is 5.56 Å². The molecule has 0 fully saturated rings. The van der Waals surface area contributed by atoms with Crippen molar-refractivity contribution in [1.82, 2.24) is 4.98 Å². The van der Waals surface area contributed by atoms with Crippen LogP contribution in [-0.2, 0) is 16.7 Å². The number of H-pyrrole nitrogens is 1. The van der Waals surface area contributed by atoms with Gasteiger partial charge < -0.3 is 9.72 Å². The van der Waals surface area contributed by atoms with Crippen LogP contribution in [0, 0.1) is 5.92 Å². The normalized spacial score (nSPS) is 23.1. The van der Waals surface area contributed by atoms with Gasteiger partial charge in [-0.3, -0.25) is 9.79 Å². The van der Waals surface area contributed by atoms with Gasteiger partial charge in [0.1, 0.15) is 5.54 Å². The molecular formula is C28H30N2O3. The molecule has 0 amide bonds. The van der Waals surface area contributed by atoms with Gasteiger partial charge >= 0.3 is 5.97 Å². The van der Waals surface area contributed by atoms with E-state index in [-0.39, 0.29) is 17.4 Å². The number of carbonyl (C=O) groups is 1. The minimum Gasteiger partial charge on any atom is -0.462 e. The molecule has 33 heavy (non-hydrogen) atoms. The maximum atomic E-state index is 12.0. The lowest BCUT2D eigenvalue weighted by atomic mass is 9.63. The van der Waals surface area contributed by atoms with Crippen LogP contribution in [0.3, 0.4) is 0 Å². The highest BCUT2D eigenvalue weighted by Gasteiger charge is 2.46. The first kappa shape index (κ1) is 22.7. The van der Waals surface area contributed by atoms with Gasteiger partial charge in [0.2, 0.25) is 5.56 Å². The number of pyridine rings is 1. The third-order valence-corrected chi connectivity index (χ3v) is 6.33. The summed E-state index contributed by atoms with van der Waals surface area (Å²) in [4.78, 5) is 32.0. The maximum Gasteiger partial charge on any atom is 0.338 e. The van der Waals surface area contributed by atoms with Gasteiger partial charge in [0.15, 0.2) is 0 Å². The molecule has 2 bridgehead atoms. The van der Waals surface area contributed by atoms with E-state index in [1.54, 1.807) is 18.2 Å². The molecule has 1 aromatic heterocycles. The molecule has 2 aromatic rings. The number of aromatic nitrogens is 1. The Hall–Kier alpha value is -3.47. The molecule has 5 nitrogen and oxygen atoms in total. The fraction of sp³-hybridized carbons (Fsp3) is 0.321. The Bertz CT molecular complexity index is 1210. The summed E-state index contributed by atoms with van der Waals surface area (Å²) in [5, 5.41) is 0. The lowest BCUT2D eigenvalue weighted by molar-refractivity contribution is 0.0505. The maximum absolute atomic E-state index is 12.0.